The third-order valence-corrected chi connectivity index (χ3v) is 5.28. The van der Waals surface area contributed by atoms with Gasteiger partial charge in [-0.25, -0.2) is 9.78 Å². The molecule has 1 aliphatic heterocycles. The zero-order chi connectivity index (χ0) is 19.2. The van der Waals surface area contributed by atoms with Gasteiger partial charge in [0.1, 0.15) is 5.75 Å². The molecule has 0 saturated carbocycles. The summed E-state index contributed by atoms with van der Waals surface area (Å²) >= 11 is 1.30. The summed E-state index contributed by atoms with van der Waals surface area (Å²) in [6.07, 6.45) is 2.49. The Morgan fingerprint density at radius 1 is 1.33 bits per heavy atom. The van der Waals surface area contributed by atoms with Crippen LogP contribution < -0.4 is 15.4 Å². The number of anilines is 2. The van der Waals surface area contributed by atoms with Crippen LogP contribution in [0.2, 0.25) is 0 Å². The van der Waals surface area contributed by atoms with Crippen molar-refractivity contribution < 1.29 is 14.3 Å². The molecule has 3 rings (SSSR count). The van der Waals surface area contributed by atoms with E-state index in [1.54, 1.807) is 19.2 Å². The Morgan fingerprint density at radius 3 is 2.93 bits per heavy atom. The zero-order valence-corrected chi connectivity index (χ0v) is 16.3. The van der Waals surface area contributed by atoms with Crippen LogP contribution in [-0.4, -0.2) is 42.0 Å². The van der Waals surface area contributed by atoms with E-state index in [1.807, 2.05) is 22.4 Å². The minimum absolute atomic E-state index is 0.0943. The second-order valence-electron chi connectivity index (χ2n) is 6.69. The first kappa shape index (κ1) is 19.2. The van der Waals surface area contributed by atoms with Crippen molar-refractivity contribution in [1.29, 1.82) is 0 Å². The van der Waals surface area contributed by atoms with Gasteiger partial charge in [0, 0.05) is 18.5 Å². The first-order valence-corrected chi connectivity index (χ1v) is 9.86. The van der Waals surface area contributed by atoms with E-state index < -0.39 is 6.03 Å². The third kappa shape index (κ3) is 5.19. The molecule has 1 aromatic heterocycles. The lowest BCUT2D eigenvalue weighted by molar-refractivity contribution is -0.132. The van der Waals surface area contributed by atoms with Crippen LogP contribution in [0.1, 0.15) is 25.5 Å². The second-order valence-corrected chi connectivity index (χ2v) is 7.55. The maximum Gasteiger partial charge on any atom is 0.325 e. The fourth-order valence-corrected chi connectivity index (χ4v) is 3.83. The highest BCUT2D eigenvalue weighted by Crippen LogP contribution is 2.24. The molecule has 1 saturated heterocycles. The third-order valence-electron chi connectivity index (χ3n) is 4.47. The highest BCUT2D eigenvalue weighted by Gasteiger charge is 2.21. The van der Waals surface area contributed by atoms with Crippen LogP contribution in [0, 0.1) is 5.92 Å². The molecule has 27 heavy (non-hydrogen) atoms. The van der Waals surface area contributed by atoms with Crippen LogP contribution in [0.15, 0.2) is 29.6 Å². The molecule has 1 atom stereocenters. The van der Waals surface area contributed by atoms with Crippen LogP contribution in [0.4, 0.5) is 15.6 Å². The molecule has 0 radical (unpaired) electrons. The van der Waals surface area contributed by atoms with Crippen LogP contribution in [0.25, 0.3) is 0 Å². The van der Waals surface area contributed by atoms with E-state index in [0.29, 0.717) is 28.2 Å². The number of carbonyl (C=O) groups excluding carboxylic acids is 2. The normalized spacial score (nSPS) is 16.7. The Labute approximate surface area is 162 Å². The number of ether oxygens (including phenoxy) is 1. The quantitative estimate of drug-likeness (QED) is 0.820. The van der Waals surface area contributed by atoms with Crippen LogP contribution in [0.3, 0.4) is 0 Å². The molecule has 2 heterocycles. The molecular weight excluding hydrogens is 364 g/mol. The maximum atomic E-state index is 12.4. The second kappa shape index (κ2) is 8.85. The monoisotopic (exact) mass is 388 g/mol. The lowest BCUT2D eigenvalue weighted by atomic mass is 10.00. The first-order chi connectivity index (χ1) is 13.0. The van der Waals surface area contributed by atoms with Gasteiger partial charge in [-0.05, 0) is 30.9 Å². The van der Waals surface area contributed by atoms with Crippen molar-refractivity contribution in [1.82, 2.24) is 9.88 Å². The van der Waals surface area contributed by atoms with Gasteiger partial charge in [0.2, 0.25) is 5.91 Å². The highest BCUT2D eigenvalue weighted by molar-refractivity contribution is 7.14. The number of methoxy groups -OCH3 is 1. The molecular formula is C19H24N4O3S. The molecule has 1 aromatic carbocycles. The minimum atomic E-state index is -0.406. The smallest absolute Gasteiger partial charge is 0.325 e. The summed E-state index contributed by atoms with van der Waals surface area (Å²) in [6, 6.07) is 6.76. The number of hydrogen-bond donors (Lipinski definition) is 2. The summed E-state index contributed by atoms with van der Waals surface area (Å²) in [5, 5.41) is 7.70. The molecule has 0 spiro atoms. The molecule has 0 aliphatic carbocycles. The number of carbonyl (C=O) groups is 2. The van der Waals surface area contributed by atoms with Crippen molar-refractivity contribution in [2.24, 2.45) is 5.92 Å². The largest absolute Gasteiger partial charge is 0.495 e. The number of rotatable bonds is 5. The van der Waals surface area contributed by atoms with E-state index in [1.165, 1.54) is 17.8 Å². The average Bonchev–Trinajstić information content (AvgIpc) is 3.08. The van der Waals surface area contributed by atoms with E-state index in [4.69, 9.17) is 4.74 Å². The van der Waals surface area contributed by atoms with Gasteiger partial charge in [0.05, 0.1) is 24.9 Å². The number of amides is 3. The molecule has 2 aromatic rings. The molecule has 2 N–H and O–H groups in total. The topological polar surface area (TPSA) is 83.6 Å². The van der Waals surface area contributed by atoms with Gasteiger partial charge < -0.3 is 15.0 Å². The lowest BCUT2D eigenvalue weighted by Crippen LogP contribution is -2.39. The van der Waals surface area contributed by atoms with Gasteiger partial charge in [-0.2, -0.15) is 0 Å². The van der Waals surface area contributed by atoms with Crippen LogP contribution in [0.5, 0.6) is 5.75 Å². The number of aromatic nitrogens is 1. The van der Waals surface area contributed by atoms with Gasteiger partial charge in [-0.3, -0.25) is 10.1 Å². The van der Waals surface area contributed by atoms with Crippen molar-refractivity contribution >= 4 is 34.1 Å². The van der Waals surface area contributed by atoms with Gasteiger partial charge >= 0.3 is 6.03 Å². The summed E-state index contributed by atoms with van der Waals surface area (Å²) in [7, 11) is 1.55. The number of nitrogens with one attached hydrogen (secondary N) is 2. The molecule has 1 fully saturated rings. The summed E-state index contributed by atoms with van der Waals surface area (Å²) in [4.78, 5) is 30.9. The van der Waals surface area contributed by atoms with Crippen LogP contribution in [-0.2, 0) is 11.2 Å². The van der Waals surface area contributed by atoms with Gasteiger partial charge in [-0.1, -0.05) is 19.1 Å². The standard InChI is InChI=1S/C19H24N4O3S/c1-13-6-5-9-23(11-13)17(24)10-14-12-27-19(20-14)22-18(25)21-15-7-3-4-8-16(15)26-2/h3-4,7-8,12-13H,5-6,9-11H2,1-2H3,(H2,20,21,22,25). The molecule has 8 heteroatoms. The average molecular weight is 388 g/mol. The summed E-state index contributed by atoms with van der Waals surface area (Å²) in [5.74, 6) is 1.22. The van der Waals surface area contributed by atoms with E-state index in [9.17, 15) is 9.59 Å². The summed E-state index contributed by atoms with van der Waals surface area (Å²) in [5.41, 5.74) is 1.25. The van der Waals surface area contributed by atoms with Gasteiger partial charge in [0.25, 0.3) is 0 Å². The molecule has 7 nitrogen and oxygen atoms in total. The molecule has 144 valence electrons. The Balaban J connectivity index is 1.54. The van der Waals surface area contributed by atoms with E-state index >= 15 is 0 Å². The molecule has 0 bridgehead atoms. The number of piperidine rings is 1. The minimum Gasteiger partial charge on any atom is -0.495 e. The van der Waals surface area contributed by atoms with Crippen molar-refractivity contribution in [3.63, 3.8) is 0 Å². The number of benzene rings is 1. The number of thiazole rings is 1. The maximum absolute atomic E-state index is 12.4. The van der Waals surface area contributed by atoms with Crippen molar-refractivity contribution in [3.8, 4) is 5.75 Å². The first-order valence-electron chi connectivity index (χ1n) is 8.98. The van der Waals surface area contributed by atoms with E-state index in [0.717, 1.165) is 19.5 Å². The van der Waals surface area contributed by atoms with Crippen molar-refractivity contribution in [2.75, 3.05) is 30.8 Å². The Kier molecular flexibility index (Phi) is 6.28. The highest BCUT2D eigenvalue weighted by atomic mass is 32.1. The fraction of sp³-hybridized carbons (Fsp3) is 0.421. The Bertz CT molecular complexity index is 808. The van der Waals surface area contributed by atoms with E-state index in [2.05, 4.69) is 22.5 Å². The van der Waals surface area contributed by atoms with Crippen molar-refractivity contribution in [2.45, 2.75) is 26.2 Å². The Hall–Kier alpha value is -2.61. The Morgan fingerprint density at radius 2 is 2.15 bits per heavy atom. The zero-order valence-electron chi connectivity index (χ0n) is 15.5. The summed E-state index contributed by atoms with van der Waals surface area (Å²) in [6.45, 7) is 3.81. The predicted molar refractivity (Wildman–Crippen MR) is 106 cm³/mol. The molecule has 1 unspecified atom stereocenters. The van der Waals surface area contributed by atoms with E-state index in [-0.39, 0.29) is 12.3 Å². The lowest BCUT2D eigenvalue weighted by Gasteiger charge is -2.30. The number of likely N-dealkylation sites (tertiary alicyclic amines) is 1. The fourth-order valence-electron chi connectivity index (χ4n) is 3.13. The number of hydrogen-bond acceptors (Lipinski definition) is 5. The number of urea groups is 1. The molecule has 3 amide bonds. The number of nitrogens with zero attached hydrogens (tertiary/aromatic N) is 2. The summed E-state index contributed by atoms with van der Waals surface area (Å²) < 4.78 is 5.21. The SMILES string of the molecule is COc1ccccc1NC(=O)Nc1nc(CC(=O)N2CCCC(C)C2)cs1. The van der Waals surface area contributed by atoms with Gasteiger partial charge in [0.15, 0.2) is 5.13 Å². The number of para-hydroxylation sites is 2. The van der Waals surface area contributed by atoms with Crippen molar-refractivity contribution in [3.05, 3.63) is 35.3 Å². The molecule has 1 aliphatic rings. The predicted octanol–water partition coefficient (Wildman–Crippen LogP) is 3.60. The van der Waals surface area contributed by atoms with Gasteiger partial charge in [-0.15, -0.1) is 11.3 Å². The van der Waals surface area contributed by atoms with Crippen LogP contribution >= 0.6 is 11.3 Å².